The monoisotopic (exact) mass is 349 g/mol. The van der Waals surface area contributed by atoms with E-state index in [4.69, 9.17) is 9.47 Å². The molecule has 0 radical (unpaired) electrons. The number of hydrogen-bond donors (Lipinski definition) is 0. The normalized spacial score (nSPS) is 25.2. The molecular formula is C18H27N3O4. The third kappa shape index (κ3) is 5.03. The molecule has 1 aromatic heterocycles. The zero-order chi connectivity index (χ0) is 18.0. The summed E-state index contributed by atoms with van der Waals surface area (Å²) in [6.07, 6.45) is 7.17. The van der Waals surface area contributed by atoms with Gasteiger partial charge in [-0.3, -0.25) is 9.59 Å². The van der Waals surface area contributed by atoms with Gasteiger partial charge in [0, 0.05) is 6.42 Å². The lowest BCUT2D eigenvalue weighted by Gasteiger charge is -2.20. The molecule has 2 aliphatic carbocycles. The van der Waals surface area contributed by atoms with Crippen molar-refractivity contribution in [2.24, 2.45) is 17.8 Å². The van der Waals surface area contributed by atoms with E-state index in [0.29, 0.717) is 24.0 Å². The molecule has 1 aromatic rings. The minimum atomic E-state index is -0.532. The van der Waals surface area contributed by atoms with Crippen molar-refractivity contribution in [3.63, 3.8) is 0 Å². The average molecular weight is 349 g/mol. The Morgan fingerprint density at radius 2 is 2.04 bits per heavy atom. The lowest BCUT2D eigenvalue weighted by atomic mass is 9.86. The van der Waals surface area contributed by atoms with E-state index < -0.39 is 5.60 Å². The molecule has 0 amide bonds. The van der Waals surface area contributed by atoms with Crippen LogP contribution in [0.2, 0.25) is 0 Å². The Bertz CT molecular complexity index is 635. The quantitative estimate of drug-likeness (QED) is 0.734. The Kier molecular flexibility index (Phi) is 5.11. The molecule has 0 spiro atoms. The van der Waals surface area contributed by atoms with Crippen LogP contribution in [-0.4, -0.2) is 32.5 Å². The summed E-state index contributed by atoms with van der Waals surface area (Å²) in [6, 6.07) is 0. The molecule has 7 nitrogen and oxygen atoms in total. The van der Waals surface area contributed by atoms with Crippen molar-refractivity contribution in [3.8, 4) is 0 Å². The largest absolute Gasteiger partial charge is 0.459 e. The number of fused-ring (bicyclic) bond motifs is 2. The molecule has 7 heteroatoms. The van der Waals surface area contributed by atoms with E-state index in [1.807, 2.05) is 20.8 Å². The molecule has 0 unspecified atom stereocenters. The van der Waals surface area contributed by atoms with E-state index in [2.05, 4.69) is 10.3 Å². The summed E-state index contributed by atoms with van der Waals surface area (Å²) in [6.45, 7) is 5.52. The zero-order valence-corrected chi connectivity index (χ0v) is 15.2. The number of aromatic nitrogens is 3. The summed E-state index contributed by atoms with van der Waals surface area (Å²) < 4.78 is 12.0. The number of hydrogen-bond acceptors (Lipinski definition) is 6. The fraction of sp³-hybridized carbons (Fsp3) is 0.778. The fourth-order valence-corrected chi connectivity index (χ4v) is 4.04. The van der Waals surface area contributed by atoms with Crippen molar-refractivity contribution in [2.75, 3.05) is 0 Å². The van der Waals surface area contributed by atoms with Crippen LogP contribution in [-0.2, 0) is 32.2 Å². The van der Waals surface area contributed by atoms with E-state index in [-0.39, 0.29) is 25.1 Å². The molecule has 0 aliphatic heterocycles. The minimum Gasteiger partial charge on any atom is -0.459 e. The number of esters is 2. The molecule has 2 saturated carbocycles. The maximum absolute atomic E-state index is 12.0. The highest BCUT2D eigenvalue weighted by molar-refractivity contribution is 5.70. The van der Waals surface area contributed by atoms with Gasteiger partial charge in [0.25, 0.3) is 0 Å². The highest BCUT2D eigenvalue weighted by Crippen LogP contribution is 2.49. The number of rotatable bonds is 6. The molecule has 2 aliphatic rings. The van der Waals surface area contributed by atoms with Gasteiger partial charge in [0.15, 0.2) is 0 Å². The fourth-order valence-electron chi connectivity index (χ4n) is 4.04. The summed E-state index contributed by atoms with van der Waals surface area (Å²) in [4.78, 5) is 23.8. The maximum atomic E-state index is 12.0. The molecule has 138 valence electrons. The summed E-state index contributed by atoms with van der Waals surface area (Å²) in [5, 5.41) is 7.81. The molecule has 25 heavy (non-hydrogen) atoms. The van der Waals surface area contributed by atoms with E-state index in [9.17, 15) is 9.59 Å². The predicted molar refractivity (Wildman–Crippen MR) is 89.2 cm³/mol. The summed E-state index contributed by atoms with van der Waals surface area (Å²) in [7, 11) is 0. The third-order valence-electron chi connectivity index (χ3n) is 4.99. The second-order valence-corrected chi connectivity index (χ2v) is 8.29. The van der Waals surface area contributed by atoms with Crippen LogP contribution in [0.5, 0.6) is 0 Å². The van der Waals surface area contributed by atoms with Gasteiger partial charge in [-0.1, -0.05) is 11.6 Å². The van der Waals surface area contributed by atoms with Crippen LogP contribution in [0.4, 0.5) is 0 Å². The smallest absolute Gasteiger partial charge is 0.328 e. The number of carbonyl (C=O) groups excluding carboxylic acids is 2. The predicted octanol–water partition coefficient (Wildman–Crippen LogP) is 2.49. The Hall–Kier alpha value is -1.92. The van der Waals surface area contributed by atoms with Crippen LogP contribution < -0.4 is 0 Å². The van der Waals surface area contributed by atoms with E-state index >= 15 is 0 Å². The van der Waals surface area contributed by atoms with Gasteiger partial charge in [-0.05, 0) is 57.8 Å². The number of ether oxygens (including phenoxy) is 2. The second kappa shape index (κ2) is 7.14. The molecule has 0 N–H and O–H groups in total. The van der Waals surface area contributed by atoms with Crippen molar-refractivity contribution in [2.45, 2.75) is 71.6 Å². The SMILES string of the molecule is CC(C)(C)OC(=O)Cn1cc(COC(=O)C[C@H]2C[C@H]3CC[C@H]2C3)nn1. The Morgan fingerprint density at radius 3 is 2.68 bits per heavy atom. The van der Waals surface area contributed by atoms with Crippen molar-refractivity contribution >= 4 is 11.9 Å². The van der Waals surface area contributed by atoms with E-state index in [1.165, 1.54) is 30.4 Å². The summed E-state index contributed by atoms with van der Waals surface area (Å²) in [5.41, 5.74) is 0.000235. The molecular weight excluding hydrogens is 322 g/mol. The highest BCUT2D eigenvalue weighted by atomic mass is 16.6. The molecule has 3 atom stereocenters. The Morgan fingerprint density at radius 1 is 1.24 bits per heavy atom. The van der Waals surface area contributed by atoms with Crippen molar-refractivity contribution in [1.29, 1.82) is 0 Å². The van der Waals surface area contributed by atoms with Crippen molar-refractivity contribution < 1.29 is 19.1 Å². The van der Waals surface area contributed by atoms with Crippen LogP contribution in [0.1, 0.15) is 58.6 Å². The van der Waals surface area contributed by atoms with Crippen LogP contribution in [0.15, 0.2) is 6.20 Å². The standard InChI is InChI=1S/C18H27N3O4/c1-18(2,3)25-17(23)10-21-9-15(19-20-21)11-24-16(22)8-14-7-12-4-5-13(14)6-12/h9,12-14H,4-8,10-11H2,1-3H3/t12-,13-,14+/m0/s1. The molecule has 3 rings (SSSR count). The lowest BCUT2D eigenvalue weighted by molar-refractivity contribution is -0.155. The average Bonchev–Trinajstić information content (AvgIpc) is 3.19. The van der Waals surface area contributed by atoms with Crippen LogP contribution in [0, 0.1) is 17.8 Å². The molecule has 2 bridgehead atoms. The van der Waals surface area contributed by atoms with Crippen molar-refractivity contribution in [3.05, 3.63) is 11.9 Å². The van der Waals surface area contributed by atoms with Crippen LogP contribution in [0.25, 0.3) is 0 Å². The summed E-state index contributed by atoms with van der Waals surface area (Å²) in [5.74, 6) is 1.49. The van der Waals surface area contributed by atoms with Crippen LogP contribution >= 0.6 is 0 Å². The van der Waals surface area contributed by atoms with Gasteiger partial charge in [-0.25, -0.2) is 4.68 Å². The van der Waals surface area contributed by atoms with Crippen molar-refractivity contribution in [1.82, 2.24) is 15.0 Å². The zero-order valence-electron chi connectivity index (χ0n) is 15.2. The van der Waals surface area contributed by atoms with Crippen LogP contribution in [0.3, 0.4) is 0 Å². The first-order chi connectivity index (χ1) is 11.8. The first kappa shape index (κ1) is 17.9. The van der Waals surface area contributed by atoms with Gasteiger partial charge in [-0.2, -0.15) is 0 Å². The van der Waals surface area contributed by atoms with E-state index in [1.54, 1.807) is 6.20 Å². The summed E-state index contributed by atoms with van der Waals surface area (Å²) >= 11 is 0. The highest BCUT2D eigenvalue weighted by Gasteiger charge is 2.40. The topological polar surface area (TPSA) is 83.3 Å². The van der Waals surface area contributed by atoms with Gasteiger partial charge in [0.2, 0.25) is 0 Å². The third-order valence-corrected chi connectivity index (χ3v) is 4.99. The van der Waals surface area contributed by atoms with Gasteiger partial charge in [0.05, 0.1) is 6.20 Å². The van der Waals surface area contributed by atoms with Gasteiger partial charge < -0.3 is 9.47 Å². The van der Waals surface area contributed by atoms with Gasteiger partial charge in [0.1, 0.15) is 24.4 Å². The van der Waals surface area contributed by atoms with E-state index in [0.717, 1.165) is 5.92 Å². The van der Waals surface area contributed by atoms with Gasteiger partial charge >= 0.3 is 11.9 Å². The second-order valence-electron chi connectivity index (χ2n) is 8.29. The number of nitrogens with zero attached hydrogens (tertiary/aromatic N) is 3. The first-order valence-corrected chi connectivity index (χ1v) is 9.05. The maximum Gasteiger partial charge on any atom is 0.328 e. The first-order valence-electron chi connectivity index (χ1n) is 9.05. The number of carbonyl (C=O) groups is 2. The molecule has 1 heterocycles. The molecule has 2 fully saturated rings. The Balaban J connectivity index is 1.41. The molecule has 0 aromatic carbocycles. The van der Waals surface area contributed by atoms with Gasteiger partial charge in [-0.15, -0.1) is 5.10 Å². The Labute approximate surface area is 148 Å². The minimum absolute atomic E-state index is 0.0106. The molecule has 0 saturated heterocycles. The lowest BCUT2D eigenvalue weighted by Crippen LogP contribution is -2.26.